The topological polar surface area (TPSA) is 42.0 Å². The van der Waals surface area contributed by atoms with Crippen molar-refractivity contribution in [2.24, 2.45) is 0 Å². The summed E-state index contributed by atoms with van der Waals surface area (Å²) < 4.78 is 25.1. The average molecular weight is 419 g/mol. The van der Waals surface area contributed by atoms with E-state index in [0.717, 1.165) is 25.1 Å². The van der Waals surface area contributed by atoms with Gasteiger partial charge in [-0.25, -0.2) is 4.39 Å². The number of halogens is 2. The summed E-state index contributed by atoms with van der Waals surface area (Å²) in [4.78, 5) is 16.9. The van der Waals surface area contributed by atoms with E-state index in [1.165, 1.54) is 6.07 Å². The fourth-order valence-electron chi connectivity index (χ4n) is 3.80. The van der Waals surface area contributed by atoms with E-state index in [0.29, 0.717) is 54.9 Å². The molecule has 0 unspecified atom stereocenters. The van der Waals surface area contributed by atoms with Crippen molar-refractivity contribution < 1.29 is 18.7 Å². The molecule has 0 aliphatic carbocycles. The maximum absolute atomic E-state index is 13.9. The summed E-state index contributed by atoms with van der Waals surface area (Å²) in [7, 11) is 0. The first-order valence-corrected chi connectivity index (χ1v) is 10.3. The largest absolute Gasteiger partial charge is 0.486 e. The minimum atomic E-state index is -0.180. The lowest BCUT2D eigenvalue weighted by molar-refractivity contribution is -0.130. The summed E-state index contributed by atoms with van der Waals surface area (Å²) in [6, 6.07) is 10.5. The van der Waals surface area contributed by atoms with Crippen molar-refractivity contribution in [2.45, 2.75) is 19.4 Å². The van der Waals surface area contributed by atoms with E-state index in [4.69, 9.17) is 21.1 Å². The number of hydrogen-bond acceptors (Lipinski definition) is 4. The molecule has 1 saturated heterocycles. The van der Waals surface area contributed by atoms with Gasteiger partial charge in [0.25, 0.3) is 0 Å². The Hall–Kier alpha value is -2.31. The number of amides is 1. The second-order valence-corrected chi connectivity index (χ2v) is 7.79. The molecule has 5 nitrogen and oxygen atoms in total. The van der Waals surface area contributed by atoms with Gasteiger partial charge < -0.3 is 14.4 Å². The van der Waals surface area contributed by atoms with E-state index >= 15 is 0 Å². The van der Waals surface area contributed by atoms with E-state index in [1.807, 2.05) is 23.1 Å². The zero-order chi connectivity index (χ0) is 20.2. The molecule has 1 fully saturated rings. The number of hydrogen-bond donors (Lipinski definition) is 0. The fraction of sp³-hybridized carbons (Fsp3) is 0.409. The Bertz CT molecular complexity index is 892. The van der Waals surface area contributed by atoms with Crippen molar-refractivity contribution >= 4 is 17.5 Å². The van der Waals surface area contributed by atoms with Crippen LogP contribution in [-0.4, -0.2) is 55.1 Å². The number of ether oxygens (including phenoxy) is 2. The number of nitrogens with zero attached hydrogens (tertiary/aromatic N) is 2. The Morgan fingerprint density at radius 1 is 1.07 bits per heavy atom. The molecule has 154 valence electrons. The van der Waals surface area contributed by atoms with Gasteiger partial charge in [0.15, 0.2) is 11.5 Å². The molecule has 2 aromatic carbocycles. The summed E-state index contributed by atoms with van der Waals surface area (Å²) in [6.45, 7) is 4.41. The molecular weight excluding hydrogens is 395 g/mol. The van der Waals surface area contributed by atoms with Crippen LogP contribution in [0.2, 0.25) is 5.02 Å². The van der Waals surface area contributed by atoms with E-state index in [2.05, 4.69) is 4.90 Å². The Morgan fingerprint density at radius 2 is 1.90 bits per heavy atom. The molecule has 29 heavy (non-hydrogen) atoms. The Balaban J connectivity index is 1.36. The molecule has 0 saturated carbocycles. The normalized spacial score (nSPS) is 17.1. The molecule has 0 spiro atoms. The number of rotatable bonds is 4. The maximum atomic E-state index is 13.9. The highest BCUT2D eigenvalue weighted by Gasteiger charge is 2.22. The average Bonchev–Trinajstić information content (AvgIpc) is 2.95. The minimum Gasteiger partial charge on any atom is -0.486 e. The maximum Gasteiger partial charge on any atom is 0.227 e. The Labute approximate surface area is 175 Å². The van der Waals surface area contributed by atoms with Gasteiger partial charge in [0.05, 0.1) is 11.4 Å². The van der Waals surface area contributed by atoms with Crippen LogP contribution in [-0.2, 0) is 17.8 Å². The number of carbonyl (C=O) groups excluding carboxylic acids is 1. The second-order valence-electron chi connectivity index (χ2n) is 7.38. The molecular formula is C22H24ClFN2O3. The van der Waals surface area contributed by atoms with E-state index in [9.17, 15) is 9.18 Å². The first kappa shape index (κ1) is 20.0. The van der Waals surface area contributed by atoms with Crippen molar-refractivity contribution in [3.05, 3.63) is 58.4 Å². The highest BCUT2D eigenvalue weighted by Crippen LogP contribution is 2.38. The molecule has 0 aromatic heterocycles. The van der Waals surface area contributed by atoms with Gasteiger partial charge in [-0.15, -0.1) is 0 Å². The quantitative estimate of drug-likeness (QED) is 0.761. The van der Waals surface area contributed by atoms with Crippen molar-refractivity contribution in [3.63, 3.8) is 0 Å². The molecule has 4 rings (SSSR count). The smallest absolute Gasteiger partial charge is 0.227 e. The van der Waals surface area contributed by atoms with Gasteiger partial charge in [-0.3, -0.25) is 9.69 Å². The van der Waals surface area contributed by atoms with Gasteiger partial charge in [0, 0.05) is 38.3 Å². The fourth-order valence-corrected chi connectivity index (χ4v) is 4.09. The van der Waals surface area contributed by atoms with E-state index < -0.39 is 0 Å². The van der Waals surface area contributed by atoms with Crippen LogP contribution in [0.25, 0.3) is 0 Å². The van der Waals surface area contributed by atoms with Crippen molar-refractivity contribution in [2.75, 3.05) is 39.4 Å². The van der Waals surface area contributed by atoms with Crippen LogP contribution < -0.4 is 9.47 Å². The number of benzene rings is 2. The number of carbonyl (C=O) groups is 1. The summed E-state index contributed by atoms with van der Waals surface area (Å²) in [5.41, 5.74) is 1.51. The van der Waals surface area contributed by atoms with E-state index in [-0.39, 0.29) is 18.1 Å². The lowest BCUT2D eigenvalue weighted by Gasteiger charge is -2.23. The Morgan fingerprint density at radius 3 is 2.76 bits per heavy atom. The summed E-state index contributed by atoms with van der Waals surface area (Å²) in [5.74, 6) is 1.02. The highest BCUT2D eigenvalue weighted by molar-refractivity contribution is 6.32. The van der Waals surface area contributed by atoms with Gasteiger partial charge in [-0.05, 0) is 30.2 Å². The zero-order valence-electron chi connectivity index (χ0n) is 16.2. The highest BCUT2D eigenvalue weighted by atomic mass is 35.5. The van der Waals surface area contributed by atoms with Gasteiger partial charge in [-0.1, -0.05) is 29.8 Å². The van der Waals surface area contributed by atoms with Crippen molar-refractivity contribution in [3.8, 4) is 11.5 Å². The van der Waals surface area contributed by atoms with Gasteiger partial charge in [0.1, 0.15) is 19.0 Å². The number of fused-ring (bicyclic) bond motifs is 1. The Kier molecular flexibility index (Phi) is 6.21. The zero-order valence-corrected chi connectivity index (χ0v) is 17.0. The molecule has 2 heterocycles. The molecule has 0 bridgehead atoms. The SMILES string of the molecule is O=C(Cc1cc(Cl)c2c(c1)OCCO2)N1CCCN(Cc2ccccc2F)CC1. The molecule has 0 radical (unpaired) electrons. The van der Waals surface area contributed by atoms with Gasteiger partial charge >= 0.3 is 0 Å². The molecule has 1 amide bonds. The second kappa shape index (κ2) is 9.01. The summed E-state index contributed by atoms with van der Waals surface area (Å²) in [6.07, 6.45) is 1.13. The molecule has 2 aliphatic rings. The molecule has 0 atom stereocenters. The van der Waals surface area contributed by atoms with Crippen molar-refractivity contribution in [1.29, 1.82) is 0 Å². The monoisotopic (exact) mass is 418 g/mol. The summed E-state index contributed by atoms with van der Waals surface area (Å²) >= 11 is 6.28. The lowest BCUT2D eigenvalue weighted by atomic mass is 10.1. The van der Waals surface area contributed by atoms with Crippen LogP contribution in [0.5, 0.6) is 11.5 Å². The van der Waals surface area contributed by atoms with Crippen LogP contribution in [0.1, 0.15) is 17.5 Å². The van der Waals surface area contributed by atoms with Crippen LogP contribution in [0, 0.1) is 5.82 Å². The first-order chi connectivity index (χ1) is 14.1. The van der Waals surface area contributed by atoms with Crippen molar-refractivity contribution in [1.82, 2.24) is 9.80 Å². The van der Waals surface area contributed by atoms with Crippen LogP contribution >= 0.6 is 11.6 Å². The molecule has 7 heteroatoms. The molecule has 2 aliphatic heterocycles. The third kappa shape index (κ3) is 4.82. The minimum absolute atomic E-state index is 0.0606. The third-order valence-corrected chi connectivity index (χ3v) is 5.59. The first-order valence-electron chi connectivity index (χ1n) is 9.92. The standard InChI is InChI=1S/C22H24ClFN2O3/c23-18-12-16(13-20-22(18)29-11-10-28-20)14-21(27)26-7-3-6-25(8-9-26)15-17-4-1-2-5-19(17)24/h1-2,4-5,12-13H,3,6-11,14-15H2. The summed E-state index contributed by atoms with van der Waals surface area (Å²) in [5, 5.41) is 0.469. The van der Waals surface area contributed by atoms with Crippen LogP contribution in [0.4, 0.5) is 4.39 Å². The van der Waals surface area contributed by atoms with Crippen LogP contribution in [0.15, 0.2) is 36.4 Å². The van der Waals surface area contributed by atoms with Crippen LogP contribution in [0.3, 0.4) is 0 Å². The lowest BCUT2D eigenvalue weighted by Crippen LogP contribution is -2.36. The predicted octanol–water partition coefficient (Wildman–Crippen LogP) is 3.53. The molecule has 0 N–H and O–H groups in total. The molecule has 2 aromatic rings. The van der Waals surface area contributed by atoms with Gasteiger partial charge in [0.2, 0.25) is 5.91 Å². The third-order valence-electron chi connectivity index (χ3n) is 5.30. The van der Waals surface area contributed by atoms with E-state index in [1.54, 1.807) is 12.1 Å². The van der Waals surface area contributed by atoms with Gasteiger partial charge in [-0.2, -0.15) is 0 Å². The predicted molar refractivity (Wildman–Crippen MR) is 109 cm³/mol.